The van der Waals surface area contributed by atoms with E-state index in [2.05, 4.69) is 37.7 Å². The van der Waals surface area contributed by atoms with Crippen LogP contribution >= 0.6 is 0 Å². The summed E-state index contributed by atoms with van der Waals surface area (Å²) < 4.78 is 2.13. The van der Waals surface area contributed by atoms with Gasteiger partial charge in [0.25, 0.3) is 0 Å². The quantitative estimate of drug-likeness (QED) is 0.820. The average Bonchev–Trinajstić information content (AvgIpc) is 3.09. The Kier molecular flexibility index (Phi) is 5.64. The van der Waals surface area contributed by atoms with Gasteiger partial charge in [-0.05, 0) is 43.6 Å². The van der Waals surface area contributed by atoms with Crippen LogP contribution in [0, 0.1) is 11.8 Å². The molecule has 3 unspecified atom stereocenters. The fraction of sp³-hybridized carbons (Fsp3) is 0.824. The number of nitrogens with zero attached hydrogens (tertiary/aromatic N) is 2. The molecule has 0 radical (unpaired) electrons. The van der Waals surface area contributed by atoms with Gasteiger partial charge >= 0.3 is 0 Å². The summed E-state index contributed by atoms with van der Waals surface area (Å²) >= 11 is 0. The predicted molar refractivity (Wildman–Crippen MR) is 84.6 cm³/mol. The molecule has 2 N–H and O–H groups in total. The van der Waals surface area contributed by atoms with E-state index >= 15 is 0 Å². The molecule has 0 aromatic carbocycles. The van der Waals surface area contributed by atoms with E-state index in [4.69, 9.17) is 10.8 Å². The van der Waals surface area contributed by atoms with Crippen molar-refractivity contribution in [1.29, 1.82) is 0 Å². The fourth-order valence-corrected chi connectivity index (χ4v) is 3.63. The van der Waals surface area contributed by atoms with Crippen LogP contribution in [0.4, 0.5) is 0 Å². The van der Waals surface area contributed by atoms with Crippen LogP contribution in [0.2, 0.25) is 0 Å². The number of rotatable bonds is 7. The Morgan fingerprint density at radius 1 is 1.30 bits per heavy atom. The van der Waals surface area contributed by atoms with Crippen LogP contribution in [0.15, 0.2) is 12.3 Å². The van der Waals surface area contributed by atoms with Crippen molar-refractivity contribution in [3.05, 3.63) is 18.0 Å². The minimum atomic E-state index is 0.289. The van der Waals surface area contributed by atoms with Gasteiger partial charge < -0.3 is 5.73 Å². The zero-order chi connectivity index (χ0) is 14.5. The average molecular weight is 277 g/mol. The Hall–Kier alpha value is -0.830. The van der Waals surface area contributed by atoms with E-state index in [1.54, 1.807) is 0 Å². The maximum Gasteiger partial charge on any atom is 0.0640 e. The molecule has 1 aliphatic rings. The van der Waals surface area contributed by atoms with Crippen molar-refractivity contribution in [2.75, 3.05) is 0 Å². The van der Waals surface area contributed by atoms with Gasteiger partial charge in [-0.25, -0.2) is 0 Å². The maximum atomic E-state index is 6.43. The monoisotopic (exact) mass is 277 g/mol. The molecule has 1 saturated carbocycles. The van der Waals surface area contributed by atoms with E-state index in [9.17, 15) is 0 Å². The molecular formula is C17H31N3. The molecule has 1 aromatic heterocycles. The molecule has 0 aliphatic heterocycles. The van der Waals surface area contributed by atoms with Crippen molar-refractivity contribution in [2.45, 2.75) is 77.8 Å². The van der Waals surface area contributed by atoms with E-state index in [1.165, 1.54) is 31.4 Å². The van der Waals surface area contributed by atoms with E-state index < -0.39 is 0 Å². The van der Waals surface area contributed by atoms with Crippen LogP contribution in [0.1, 0.15) is 71.0 Å². The van der Waals surface area contributed by atoms with Gasteiger partial charge in [-0.15, -0.1) is 0 Å². The van der Waals surface area contributed by atoms with E-state index in [-0.39, 0.29) is 6.04 Å². The first-order valence-electron chi connectivity index (χ1n) is 8.47. The summed E-state index contributed by atoms with van der Waals surface area (Å²) in [5, 5.41) is 4.74. The third-order valence-corrected chi connectivity index (χ3v) is 5.19. The van der Waals surface area contributed by atoms with Gasteiger partial charge in [0.15, 0.2) is 0 Å². The highest BCUT2D eigenvalue weighted by Crippen LogP contribution is 2.35. The van der Waals surface area contributed by atoms with Crippen molar-refractivity contribution in [1.82, 2.24) is 9.78 Å². The van der Waals surface area contributed by atoms with E-state index in [0.29, 0.717) is 12.0 Å². The van der Waals surface area contributed by atoms with Crippen LogP contribution in [0.25, 0.3) is 0 Å². The third kappa shape index (κ3) is 3.63. The number of hydrogen-bond donors (Lipinski definition) is 1. The summed E-state index contributed by atoms with van der Waals surface area (Å²) in [6.07, 6.45) is 10.7. The van der Waals surface area contributed by atoms with Crippen molar-refractivity contribution < 1.29 is 0 Å². The van der Waals surface area contributed by atoms with Crippen LogP contribution in [0.5, 0.6) is 0 Å². The van der Waals surface area contributed by atoms with Crippen molar-refractivity contribution >= 4 is 0 Å². The smallest absolute Gasteiger partial charge is 0.0640 e. The second-order valence-corrected chi connectivity index (χ2v) is 6.47. The van der Waals surface area contributed by atoms with Crippen LogP contribution in [0.3, 0.4) is 0 Å². The van der Waals surface area contributed by atoms with Gasteiger partial charge in [0.05, 0.1) is 11.7 Å². The SMILES string of the molecule is CCC1CCC(C(N)Cc2ccn(C(CC)CC)n2)C1. The van der Waals surface area contributed by atoms with Gasteiger partial charge in [0.1, 0.15) is 0 Å². The second-order valence-electron chi connectivity index (χ2n) is 6.47. The summed E-state index contributed by atoms with van der Waals surface area (Å²) in [6.45, 7) is 6.76. The second kappa shape index (κ2) is 7.26. The van der Waals surface area contributed by atoms with Crippen molar-refractivity contribution in [2.24, 2.45) is 17.6 Å². The zero-order valence-corrected chi connectivity index (χ0v) is 13.4. The first-order chi connectivity index (χ1) is 9.67. The molecule has 3 nitrogen and oxygen atoms in total. The molecule has 1 fully saturated rings. The molecule has 1 heterocycles. The van der Waals surface area contributed by atoms with Crippen molar-refractivity contribution in [3.8, 4) is 0 Å². The van der Waals surface area contributed by atoms with Crippen LogP contribution in [-0.4, -0.2) is 15.8 Å². The molecule has 0 amide bonds. The Morgan fingerprint density at radius 2 is 2.05 bits per heavy atom. The van der Waals surface area contributed by atoms with Gasteiger partial charge in [-0.2, -0.15) is 5.10 Å². The summed E-state index contributed by atoms with van der Waals surface area (Å²) in [4.78, 5) is 0. The number of nitrogens with two attached hydrogens (primary N) is 1. The Morgan fingerprint density at radius 3 is 2.65 bits per heavy atom. The topological polar surface area (TPSA) is 43.8 Å². The van der Waals surface area contributed by atoms with E-state index in [0.717, 1.165) is 25.2 Å². The zero-order valence-electron chi connectivity index (χ0n) is 13.4. The Labute approximate surface area is 123 Å². The van der Waals surface area contributed by atoms with Crippen LogP contribution in [-0.2, 0) is 6.42 Å². The van der Waals surface area contributed by atoms with Gasteiger partial charge in [-0.3, -0.25) is 4.68 Å². The molecule has 2 rings (SSSR count). The summed E-state index contributed by atoms with van der Waals surface area (Å²) in [5.41, 5.74) is 7.60. The lowest BCUT2D eigenvalue weighted by molar-refractivity contribution is 0.394. The molecule has 3 heteroatoms. The normalized spacial score (nSPS) is 24.4. The molecule has 0 spiro atoms. The first-order valence-corrected chi connectivity index (χ1v) is 8.47. The molecule has 1 aromatic rings. The minimum absolute atomic E-state index is 0.289. The summed E-state index contributed by atoms with van der Waals surface area (Å²) in [7, 11) is 0. The standard InChI is InChI=1S/C17H31N3/c1-4-13-7-8-14(11-13)17(18)12-15-9-10-20(19-15)16(5-2)6-3/h9-10,13-14,16-17H,4-8,11-12,18H2,1-3H3. The number of hydrogen-bond acceptors (Lipinski definition) is 2. The predicted octanol–water partition coefficient (Wildman–Crippen LogP) is 3.94. The minimum Gasteiger partial charge on any atom is -0.327 e. The molecule has 0 saturated heterocycles. The molecule has 1 aliphatic carbocycles. The number of aromatic nitrogens is 2. The highest BCUT2D eigenvalue weighted by Gasteiger charge is 2.28. The lowest BCUT2D eigenvalue weighted by Crippen LogP contribution is -2.31. The van der Waals surface area contributed by atoms with E-state index in [1.807, 2.05) is 0 Å². The van der Waals surface area contributed by atoms with Gasteiger partial charge in [0.2, 0.25) is 0 Å². The molecule has 114 valence electrons. The van der Waals surface area contributed by atoms with Crippen molar-refractivity contribution in [3.63, 3.8) is 0 Å². The maximum absolute atomic E-state index is 6.43. The highest BCUT2D eigenvalue weighted by molar-refractivity contribution is 5.03. The molecule has 0 bridgehead atoms. The van der Waals surface area contributed by atoms with Gasteiger partial charge in [-0.1, -0.05) is 33.6 Å². The Balaban J connectivity index is 1.90. The summed E-state index contributed by atoms with van der Waals surface area (Å²) in [5.74, 6) is 1.62. The lowest BCUT2D eigenvalue weighted by atomic mass is 9.93. The largest absolute Gasteiger partial charge is 0.327 e. The van der Waals surface area contributed by atoms with Crippen LogP contribution < -0.4 is 5.73 Å². The summed E-state index contributed by atoms with van der Waals surface area (Å²) in [6, 6.07) is 2.98. The Bertz CT molecular complexity index is 395. The first kappa shape index (κ1) is 15.6. The third-order valence-electron chi connectivity index (χ3n) is 5.19. The fourth-order valence-electron chi connectivity index (χ4n) is 3.63. The highest BCUT2D eigenvalue weighted by atomic mass is 15.3. The lowest BCUT2D eigenvalue weighted by Gasteiger charge is -2.18. The molecule has 3 atom stereocenters. The van der Waals surface area contributed by atoms with Gasteiger partial charge in [0, 0.05) is 18.7 Å². The molecule has 20 heavy (non-hydrogen) atoms. The molecular weight excluding hydrogens is 246 g/mol.